The van der Waals surface area contributed by atoms with Crippen molar-refractivity contribution in [1.82, 2.24) is 10.2 Å². The second kappa shape index (κ2) is 4.95. The Balaban J connectivity index is 2.79. The number of aldehydes is 1. The first-order valence-electron chi connectivity index (χ1n) is 5.85. The van der Waals surface area contributed by atoms with Crippen molar-refractivity contribution < 1.29 is 9.59 Å². The van der Waals surface area contributed by atoms with Crippen LogP contribution in [0, 0.1) is 5.41 Å². The van der Waals surface area contributed by atoms with Crippen LogP contribution in [0.1, 0.15) is 33.6 Å². The van der Waals surface area contributed by atoms with Crippen molar-refractivity contribution in [3.05, 3.63) is 0 Å². The highest BCUT2D eigenvalue weighted by molar-refractivity contribution is 5.85. The number of nitrogens with one attached hydrogen (secondary N) is 1. The van der Waals surface area contributed by atoms with Gasteiger partial charge in [0.05, 0.1) is 12.1 Å². The van der Waals surface area contributed by atoms with Gasteiger partial charge in [0.2, 0.25) is 5.91 Å². The summed E-state index contributed by atoms with van der Waals surface area (Å²) in [5.41, 5.74) is -0.137. The molecule has 92 valence electrons. The number of amides is 1. The van der Waals surface area contributed by atoms with Crippen LogP contribution >= 0.6 is 0 Å². The predicted octanol–water partition coefficient (Wildman–Crippen LogP) is 0.810. The van der Waals surface area contributed by atoms with E-state index < -0.39 is 0 Å². The molecule has 16 heavy (non-hydrogen) atoms. The Morgan fingerprint density at radius 3 is 2.56 bits per heavy atom. The molecule has 0 aromatic carbocycles. The summed E-state index contributed by atoms with van der Waals surface area (Å²) in [7, 11) is 1.79. The van der Waals surface area contributed by atoms with Crippen LogP contribution in [-0.4, -0.2) is 42.8 Å². The summed E-state index contributed by atoms with van der Waals surface area (Å²) in [6.45, 7) is 6.78. The fourth-order valence-corrected chi connectivity index (χ4v) is 2.30. The van der Waals surface area contributed by atoms with Crippen molar-refractivity contribution in [3.8, 4) is 0 Å². The summed E-state index contributed by atoms with van der Waals surface area (Å²) < 4.78 is 0. The van der Waals surface area contributed by atoms with E-state index >= 15 is 0 Å². The number of hydrogen-bond acceptors (Lipinski definition) is 3. The molecule has 1 aliphatic heterocycles. The second-order valence-electron chi connectivity index (χ2n) is 5.47. The Hall–Kier alpha value is -0.900. The van der Waals surface area contributed by atoms with Crippen LogP contribution in [0.15, 0.2) is 0 Å². The minimum Gasteiger partial charge on any atom is -0.332 e. The number of rotatable bonds is 3. The molecular formula is C12H22N2O2. The fourth-order valence-electron chi connectivity index (χ4n) is 2.30. The summed E-state index contributed by atoms with van der Waals surface area (Å²) in [5.74, 6) is 0.0459. The maximum atomic E-state index is 12.3. The molecule has 0 aromatic heterocycles. The number of likely N-dealkylation sites (tertiary alicyclic amines) is 1. The Morgan fingerprint density at radius 1 is 1.50 bits per heavy atom. The maximum Gasteiger partial charge on any atom is 0.240 e. The number of likely N-dealkylation sites (N-methyl/N-ethyl adjacent to an activating group) is 1. The van der Waals surface area contributed by atoms with Crippen LogP contribution in [0.25, 0.3) is 0 Å². The standard InChI is InChI=1S/C12H22N2O2/c1-12(2,3)10(13-4)11(16)14-7-5-6-9(14)8-15/h8-10,13H,5-7H2,1-4H3/t9-,10?/m0/s1. The molecule has 0 aromatic rings. The van der Waals surface area contributed by atoms with Gasteiger partial charge in [0.25, 0.3) is 0 Å². The maximum absolute atomic E-state index is 12.3. The summed E-state index contributed by atoms with van der Waals surface area (Å²) in [6, 6.07) is -0.446. The van der Waals surface area contributed by atoms with Crippen molar-refractivity contribution in [2.24, 2.45) is 5.41 Å². The average molecular weight is 226 g/mol. The van der Waals surface area contributed by atoms with Gasteiger partial charge in [-0.3, -0.25) is 4.79 Å². The van der Waals surface area contributed by atoms with Crippen LogP contribution in [0.5, 0.6) is 0 Å². The molecule has 0 radical (unpaired) electrons. The number of hydrogen-bond donors (Lipinski definition) is 1. The van der Waals surface area contributed by atoms with E-state index in [0.29, 0.717) is 6.54 Å². The summed E-state index contributed by atoms with van der Waals surface area (Å²) in [4.78, 5) is 24.9. The zero-order valence-electron chi connectivity index (χ0n) is 10.6. The Labute approximate surface area is 97.4 Å². The molecule has 0 spiro atoms. The molecule has 1 aliphatic rings. The first kappa shape index (κ1) is 13.2. The molecule has 1 heterocycles. The molecule has 1 N–H and O–H groups in total. The minimum absolute atomic E-state index is 0.0459. The third-order valence-electron chi connectivity index (χ3n) is 3.14. The van der Waals surface area contributed by atoms with Crippen LogP contribution in [0.2, 0.25) is 0 Å². The third-order valence-corrected chi connectivity index (χ3v) is 3.14. The second-order valence-corrected chi connectivity index (χ2v) is 5.47. The lowest BCUT2D eigenvalue weighted by molar-refractivity contribution is -0.138. The van der Waals surface area contributed by atoms with Crippen molar-refractivity contribution >= 4 is 12.2 Å². The van der Waals surface area contributed by atoms with Crippen LogP contribution in [0.4, 0.5) is 0 Å². The van der Waals surface area contributed by atoms with E-state index in [2.05, 4.69) is 5.32 Å². The molecule has 4 nitrogen and oxygen atoms in total. The largest absolute Gasteiger partial charge is 0.332 e. The molecule has 1 rings (SSSR count). The van der Waals surface area contributed by atoms with Crippen molar-refractivity contribution in [1.29, 1.82) is 0 Å². The molecule has 1 unspecified atom stereocenters. The summed E-state index contributed by atoms with van der Waals surface area (Å²) in [6.07, 6.45) is 2.62. The van der Waals surface area contributed by atoms with Gasteiger partial charge < -0.3 is 15.0 Å². The van der Waals surface area contributed by atoms with Gasteiger partial charge in [-0.05, 0) is 25.3 Å². The SMILES string of the molecule is CNC(C(=O)N1CCC[C@H]1C=O)C(C)(C)C. The van der Waals surface area contributed by atoms with E-state index in [1.165, 1.54) is 0 Å². The Kier molecular flexibility index (Phi) is 4.08. The van der Waals surface area contributed by atoms with E-state index in [9.17, 15) is 9.59 Å². The lowest BCUT2D eigenvalue weighted by Gasteiger charge is -2.33. The predicted molar refractivity (Wildman–Crippen MR) is 63.1 cm³/mol. The van der Waals surface area contributed by atoms with E-state index in [0.717, 1.165) is 19.1 Å². The highest BCUT2D eigenvalue weighted by atomic mass is 16.2. The summed E-state index contributed by atoms with van der Waals surface area (Å²) in [5, 5.41) is 3.06. The monoisotopic (exact) mass is 226 g/mol. The first-order chi connectivity index (χ1) is 7.41. The van der Waals surface area contributed by atoms with Gasteiger partial charge in [0.15, 0.2) is 0 Å². The minimum atomic E-state index is -0.229. The zero-order valence-corrected chi connectivity index (χ0v) is 10.6. The molecule has 1 amide bonds. The number of nitrogens with zero attached hydrogens (tertiary/aromatic N) is 1. The molecule has 0 saturated carbocycles. The Bertz CT molecular complexity index is 271. The smallest absolute Gasteiger partial charge is 0.240 e. The number of carbonyl (C=O) groups excluding carboxylic acids is 2. The Morgan fingerprint density at radius 2 is 2.12 bits per heavy atom. The van der Waals surface area contributed by atoms with E-state index in [1.54, 1.807) is 11.9 Å². The van der Waals surface area contributed by atoms with Gasteiger partial charge in [-0.25, -0.2) is 0 Å². The van der Waals surface area contributed by atoms with Crippen LogP contribution in [-0.2, 0) is 9.59 Å². The fraction of sp³-hybridized carbons (Fsp3) is 0.833. The normalized spacial score (nSPS) is 23.2. The zero-order chi connectivity index (χ0) is 12.3. The van der Waals surface area contributed by atoms with Crippen molar-refractivity contribution in [2.45, 2.75) is 45.7 Å². The molecule has 0 aliphatic carbocycles. The molecule has 2 atom stereocenters. The lowest BCUT2D eigenvalue weighted by atomic mass is 9.86. The van der Waals surface area contributed by atoms with Gasteiger partial charge in [0.1, 0.15) is 6.29 Å². The highest BCUT2D eigenvalue weighted by Gasteiger charge is 2.37. The topological polar surface area (TPSA) is 49.4 Å². The molecule has 4 heteroatoms. The van der Waals surface area contributed by atoms with Crippen molar-refractivity contribution in [2.75, 3.05) is 13.6 Å². The van der Waals surface area contributed by atoms with Gasteiger partial charge >= 0.3 is 0 Å². The van der Waals surface area contributed by atoms with Crippen LogP contribution < -0.4 is 5.32 Å². The van der Waals surface area contributed by atoms with Gasteiger partial charge in [-0.2, -0.15) is 0 Å². The van der Waals surface area contributed by atoms with Gasteiger partial charge in [0, 0.05) is 6.54 Å². The van der Waals surface area contributed by atoms with Crippen molar-refractivity contribution in [3.63, 3.8) is 0 Å². The molecule has 0 bridgehead atoms. The highest BCUT2D eigenvalue weighted by Crippen LogP contribution is 2.24. The number of carbonyl (C=O) groups is 2. The molecule has 1 fully saturated rings. The van der Waals surface area contributed by atoms with E-state index in [4.69, 9.17) is 0 Å². The first-order valence-corrected chi connectivity index (χ1v) is 5.85. The van der Waals surface area contributed by atoms with Gasteiger partial charge in [-0.1, -0.05) is 20.8 Å². The lowest BCUT2D eigenvalue weighted by Crippen LogP contribution is -2.53. The molecule has 1 saturated heterocycles. The third kappa shape index (κ3) is 2.61. The summed E-state index contributed by atoms with van der Waals surface area (Å²) >= 11 is 0. The average Bonchev–Trinajstić information content (AvgIpc) is 2.63. The van der Waals surface area contributed by atoms with E-state index in [1.807, 2.05) is 20.8 Å². The van der Waals surface area contributed by atoms with E-state index in [-0.39, 0.29) is 23.4 Å². The molecular weight excluding hydrogens is 204 g/mol. The van der Waals surface area contributed by atoms with Gasteiger partial charge in [-0.15, -0.1) is 0 Å². The van der Waals surface area contributed by atoms with Crippen LogP contribution in [0.3, 0.4) is 0 Å². The quantitative estimate of drug-likeness (QED) is 0.725.